The lowest BCUT2D eigenvalue weighted by molar-refractivity contribution is -0.153. The van der Waals surface area contributed by atoms with E-state index in [1.807, 2.05) is 11.0 Å². The molecule has 3 aliphatic heterocycles. The molecule has 5 rings (SSSR count). The Kier molecular flexibility index (Phi) is 5.42. The number of methoxy groups -OCH3 is 2. The number of fused-ring (bicyclic) bond motifs is 4. The molecule has 2 fully saturated rings. The summed E-state index contributed by atoms with van der Waals surface area (Å²) in [6.45, 7) is 0.651. The van der Waals surface area contributed by atoms with Gasteiger partial charge in [-0.1, -0.05) is 18.2 Å². The van der Waals surface area contributed by atoms with Gasteiger partial charge in [0.2, 0.25) is 11.8 Å². The summed E-state index contributed by atoms with van der Waals surface area (Å²) in [6.07, 6.45) is 1.75. The molecule has 8 nitrogen and oxygen atoms in total. The van der Waals surface area contributed by atoms with Gasteiger partial charge in [0.25, 0.3) is 0 Å². The summed E-state index contributed by atoms with van der Waals surface area (Å²) in [5.74, 6) is -0.347. The number of amides is 4. The van der Waals surface area contributed by atoms with Gasteiger partial charge >= 0.3 is 6.03 Å². The number of imide groups is 2. The lowest BCUT2D eigenvalue weighted by atomic mass is 9.68. The Balaban J connectivity index is 1.46. The molecule has 2 atom stereocenters. The summed E-state index contributed by atoms with van der Waals surface area (Å²) in [6, 6.07) is 8.91. The molecular formula is C25H26FN3O5. The van der Waals surface area contributed by atoms with E-state index < -0.39 is 29.3 Å². The highest BCUT2D eigenvalue weighted by Gasteiger charge is 2.62. The zero-order valence-corrected chi connectivity index (χ0v) is 19.1. The Morgan fingerprint density at radius 1 is 1.12 bits per heavy atom. The van der Waals surface area contributed by atoms with E-state index in [0.29, 0.717) is 42.1 Å². The summed E-state index contributed by atoms with van der Waals surface area (Å²) >= 11 is 0. The number of nitrogens with one attached hydrogen (secondary N) is 1. The highest BCUT2D eigenvalue weighted by molar-refractivity contribution is 6.20. The number of rotatable bonds is 5. The van der Waals surface area contributed by atoms with Crippen LogP contribution in [0.5, 0.6) is 11.5 Å². The number of anilines is 1. The zero-order chi connectivity index (χ0) is 24.0. The van der Waals surface area contributed by atoms with Crippen LogP contribution in [0.1, 0.15) is 24.0 Å². The Bertz CT molecular complexity index is 1190. The number of halogens is 1. The van der Waals surface area contributed by atoms with E-state index >= 15 is 0 Å². The number of benzene rings is 2. The number of carbonyl (C=O) groups is 3. The molecule has 0 unspecified atom stereocenters. The van der Waals surface area contributed by atoms with Crippen LogP contribution < -0.4 is 19.7 Å². The first-order valence-electron chi connectivity index (χ1n) is 11.3. The molecule has 0 aliphatic carbocycles. The maximum atomic E-state index is 14.7. The molecule has 1 N–H and O–H groups in total. The third-order valence-corrected chi connectivity index (χ3v) is 7.22. The van der Waals surface area contributed by atoms with E-state index in [-0.39, 0.29) is 18.8 Å². The van der Waals surface area contributed by atoms with Crippen molar-refractivity contribution in [2.45, 2.75) is 31.7 Å². The predicted molar refractivity (Wildman–Crippen MR) is 121 cm³/mol. The van der Waals surface area contributed by atoms with Gasteiger partial charge in [-0.25, -0.2) is 9.18 Å². The molecule has 3 heterocycles. The standard InChI is InChI=1S/C25H26FN3O5/c1-33-18-9-8-15(13-19(18)34-2)10-12-29-23(31)25(22(30)27-24(29)32)14-16-5-3-6-17(26)21(16)28-11-4-7-20(25)28/h3,5-6,8-9,13,20H,4,7,10-12,14H2,1-2H3,(H,27,30,32)/t20-,25-/m1/s1. The van der Waals surface area contributed by atoms with Gasteiger partial charge in [0.15, 0.2) is 16.9 Å². The Morgan fingerprint density at radius 2 is 1.91 bits per heavy atom. The third kappa shape index (κ3) is 3.21. The van der Waals surface area contributed by atoms with Crippen molar-refractivity contribution in [1.29, 1.82) is 0 Å². The number of urea groups is 1. The molecule has 2 aromatic carbocycles. The fourth-order valence-corrected chi connectivity index (χ4v) is 5.63. The molecule has 0 radical (unpaired) electrons. The van der Waals surface area contributed by atoms with Crippen LogP contribution in [-0.2, 0) is 22.4 Å². The average molecular weight is 467 g/mol. The van der Waals surface area contributed by atoms with Crippen molar-refractivity contribution in [3.8, 4) is 11.5 Å². The molecule has 178 valence electrons. The van der Waals surface area contributed by atoms with Gasteiger partial charge in [-0.2, -0.15) is 0 Å². The van der Waals surface area contributed by atoms with E-state index in [4.69, 9.17) is 9.47 Å². The molecule has 2 saturated heterocycles. The van der Waals surface area contributed by atoms with Crippen LogP contribution in [0.25, 0.3) is 0 Å². The predicted octanol–water partition coefficient (Wildman–Crippen LogP) is 2.68. The lowest BCUT2D eigenvalue weighted by Gasteiger charge is -2.49. The average Bonchev–Trinajstić information content (AvgIpc) is 3.32. The van der Waals surface area contributed by atoms with Crippen LogP contribution >= 0.6 is 0 Å². The molecule has 4 amide bonds. The maximum absolute atomic E-state index is 14.7. The summed E-state index contributed by atoms with van der Waals surface area (Å²) in [4.78, 5) is 42.9. The molecule has 2 aromatic rings. The highest BCUT2D eigenvalue weighted by Crippen LogP contribution is 2.49. The van der Waals surface area contributed by atoms with Crippen molar-refractivity contribution in [1.82, 2.24) is 10.2 Å². The van der Waals surface area contributed by atoms with Crippen molar-refractivity contribution in [3.63, 3.8) is 0 Å². The zero-order valence-electron chi connectivity index (χ0n) is 19.1. The number of para-hydroxylation sites is 1. The van der Waals surface area contributed by atoms with E-state index in [2.05, 4.69) is 5.32 Å². The normalized spacial score (nSPS) is 23.6. The quantitative estimate of drug-likeness (QED) is 0.681. The maximum Gasteiger partial charge on any atom is 0.330 e. The first-order chi connectivity index (χ1) is 16.4. The molecule has 0 saturated carbocycles. The fourth-order valence-electron chi connectivity index (χ4n) is 5.63. The second-order valence-electron chi connectivity index (χ2n) is 8.90. The van der Waals surface area contributed by atoms with Crippen LogP contribution in [-0.4, -0.2) is 56.1 Å². The number of carbonyl (C=O) groups excluding carboxylic acids is 3. The molecular weight excluding hydrogens is 441 g/mol. The molecule has 9 heteroatoms. The monoisotopic (exact) mass is 467 g/mol. The van der Waals surface area contributed by atoms with Crippen molar-refractivity contribution in [2.75, 3.05) is 32.2 Å². The molecule has 1 spiro atoms. The number of barbiturate groups is 1. The van der Waals surface area contributed by atoms with Gasteiger partial charge < -0.3 is 14.4 Å². The van der Waals surface area contributed by atoms with Crippen LogP contribution in [0.3, 0.4) is 0 Å². The van der Waals surface area contributed by atoms with E-state index in [0.717, 1.165) is 16.9 Å². The smallest absolute Gasteiger partial charge is 0.330 e. The van der Waals surface area contributed by atoms with Crippen molar-refractivity contribution in [3.05, 3.63) is 53.3 Å². The fraction of sp³-hybridized carbons (Fsp3) is 0.400. The largest absolute Gasteiger partial charge is 0.493 e. The SMILES string of the molecule is COc1ccc(CCN2C(=O)NC(=O)[C@]3(Cc4cccc(F)c4N4CCC[C@@H]43)C2=O)cc1OC. The summed E-state index contributed by atoms with van der Waals surface area (Å²) in [7, 11) is 3.08. The summed E-state index contributed by atoms with van der Waals surface area (Å²) in [5, 5.41) is 2.42. The van der Waals surface area contributed by atoms with Crippen LogP contribution in [0.2, 0.25) is 0 Å². The third-order valence-electron chi connectivity index (χ3n) is 7.22. The Labute approximate surface area is 196 Å². The minimum atomic E-state index is -1.47. The van der Waals surface area contributed by atoms with Gasteiger partial charge in [-0.15, -0.1) is 0 Å². The van der Waals surface area contributed by atoms with Crippen molar-refractivity contribution in [2.24, 2.45) is 5.41 Å². The molecule has 0 bridgehead atoms. The Hall–Kier alpha value is -3.62. The second kappa shape index (κ2) is 8.30. The van der Waals surface area contributed by atoms with Gasteiger partial charge in [-0.3, -0.25) is 19.8 Å². The van der Waals surface area contributed by atoms with E-state index in [1.54, 1.807) is 31.4 Å². The van der Waals surface area contributed by atoms with Crippen LogP contribution in [0.4, 0.5) is 14.9 Å². The number of hydrogen-bond donors (Lipinski definition) is 1. The van der Waals surface area contributed by atoms with Gasteiger partial charge in [0.1, 0.15) is 5.82 Å². The minimum absolute atomic E-state index is 0.0616. The first kappa shape index (κ1) is 22.2. The number of ether oxygens (including phenoxy) is 2. The highest BCUT2D eigenvalue weighted by atomic mass is 19.1. The van der Waals surface area contributed by atoms with E-state index in [9.17, 15) is 18.8 Å². The lowest BCUT2D eigenvalue weighted by Crippen LogP contribution is -2.71. The van der Waals surface area contributed by atoms with Crippen molar-refractivity contribution < 1.29 is 28.2 Å². The molecule has 0 aromatic heterocycles. The molecule has 3 aliphatic rings. The van der Waals surface area contributed by atoms with Crippen LogP contribution in [0, 0.1) is 11.2 Å². The van der Waals surface area contributed by atoms with Gasteiger partial charge in [-0.05, 0) is 55.0 Å². The number of hydrogen-bond acceptors (Lipinski definition) is 6. The number of nitrogens with zero attached hydrogens (tertiary/aromatic N) is 2. The molecule has 34 heavy (non-hydrogen) atoms. The van der Waals surface area contributed by atoms with Gasteiger partial charge in [0, 0.05) is 13.1 Å². The topological polar surface area (TPSA) is 88.2 Å². The second-order valence-corrected chi connectivity index (χ2v) is 8.90. The minimum Gasteiger partial charge on any atom is -0.493 e. The summed E-state index contributed by atoms with van der Waals surface area (Å²) in [5.41, 5.74) is 0.451. The first-order valence-corrected chi connectivity index (χ1v) is 11.3. The van der Waals surface area contributed by atoms with Crippen LogP contribution in [0.15, 0.2) is 36.4 Å². The summed E-state index contributed by atoms with van der Waals surface area (Å²) < 4.78 is 25.3. The van der Waals surface area contributed by atoms with Gasteiger partial charge in [0.05, 0.1) is 25.9 Å². The van der Waals surface area contributed by atoms with E-state index in [1.165, 1.54) is 13.2 Å². The Morgan fingerprint density at radius 3 is 2.68 bits per heavy atom. The van der Waals surface area contributed by atoms with Crippen molar-refractivity contribution >= 4 is 23.5 Å².